The number of aromatic nitrogens is 2. The molecule has 2 N–H and O–H groups in total. The van der Waals surface area contributed by atoms with Crippen molar-refractivity contribution in [2.75, 3.05) is 19.7 Å². The zero-order valence-electron chi connectivity index (χ0n) is 16.8. The van der Waals surface area contributed by atoms with Gasteiger partial charge < -0.3 is 14.8 Å². The summed E-state index contributed by atoms with van der Waals surface area (Å²) in [4.78, 5) is 20.5. The van der Waals surface area contributed by atoms with Crippen LogP contribution in [0.15, 0.2) is 54.7 Å². The first-order valence-corrected chi connectivity index (χ1v) is 10.5. The summed E-state index contributed by atoms with van der Waals surface area (Å²) >= 11 is 6.30. The number of β-amino-alcohol motifs (C(OH)–C–C–N with tert-alkyl or cyclic N) is 1. The van der Waals surface area contributed by atoms with Crippen LogP contribution in [-0.4, -0.2) is 50.7 Å². The zero-order chi connectivity index (χ0) is 21.8. The highest BCUT2D eigenvalue weighted by atomic mass is 35.5. The first-order chi connectivity index (χ1) is 15.0. The minimum atomic E-state index is -0.738. The Balaban J connectivity index is 1.37. The van der Waals surface area contributed by atoms with E-state index in [1.807, 2.05) is 24.3 Å². The molecule has 1 aliphatic heterocycles. The molecule has 9 heteroatoms. The molecule has 0 amide bonds. The molecule has 0 spiro atoms. The topological polar surface area (TPSA) is 105 Å². The van der Waals surface area contributed by atoms with Crippen LogP contribution < -0.4 is 4.74 Å². The third-order valence-corrected chi connectivity index (χ3v) is 5.68. The Hall–Kier alpha value is -2.94. The van der Waals surface area contributed by atoms with Crippen molar-refractivity contribution in [1.29, 1.82) is 0 Å². The lowest BCUT2D eigenvalue weighted by molar-refractivity contribution is -0.384. The van der Waals surface area contributed by atoms with Crippen LogP contribution in [-0.2, 0) is 0 Å². The van der Waals surface area contributed by atoms with Gasteiger partial charge in [0.2, 0.25) is 0 Å². The number of aliphatic hydroxyl groups is 1. The van der Waals surface area contributed by atoms with E-state index in [0.29, 0.717) is 17.3 Å². The molecule has 0 unspecified atom stereocenters. The number of imidazole rings is 1. The number of aliphatic hydroxyl groups excluding tert-OH is 1. The van der Waals surface area contributed by atoms with Crippen molar-refractivity contribution in [2.45, 2.75) is 25.0 Å². The van der Waals surface area contributed by atoms with Crippen LogP contribution in [0.2, 0.25) is 5.02 Å². The number of rotatable bonds is 8. The molecule has 1 saturated heterocycles. The molecule has 0 bridgehead atoms. The molecule has 0 radical (unpaired) electrons. The fourth-order valence-electron chi connectivity index (χ4n) is 3.88. The zero-order valence-corrected chi connectivity index (χ0v) is 17.5. The molecule has 2 atom stereocenters. The largest absolute Gasteiger partial charge is 0.491 e. The van der Waals surface area contributed by atoms with Crippen molar-refractivity contribution < 1.29 is 14.8 Å². The SMILES string of the molecule is O=[N+]([O-])c1cccc(OC[C@@H](O)CN2CCC[C@H]2c2ncc(-c3ccccc3Cl)[nH]2)c1. The lowest BCUT2D eigenvalue weighted by atomic mass is 10.2. The lowest BCUT2D eigenvalue weighted by Crippen LogP contribution is -2.35. The summed E-state index contributed by atoms with van der Waals surface area (Å²) in [7, 11) is 0. The van der Waals surface area contributed by atoms with Crippen LogP contribution in [0.4, 0.5) is 5.69 Å². The van der Waals surface area contributed by atoms with Crippen molar-refractivity contribution in [3.63, 3.8) is 0 Å². The van der Waals surface area contributed by atoms with Crippen LogP contribution >= 0.6 is 11.6 Å². The van der Waals surface area contributed by atoms with Gasteiger partial charge in [0.25, 0.3) is 5.69 Å². The van der Waals surface area contributed by atoms with Crippen LogP contribution in [0.3, 0.4) is 0 Å². The molecule has 1 fully saturated rings. The van der Waals surface area contributed by atoms with Crippen LogP contribution in [0.25, 0.3) is 11.3 Å². The number of benzene rings is 2. The summed E-state index contributed by atoms with van der Waals surface area (Å²) in [5, 5.41) is 22.0. The molecule has 0 aliphatic carbocycles. The highest BCUT2D eigenvalue weighted by molar-refractivity contribution is 6.33. The van der Waals surface area contributed by atoms with Crippen LogP contribution in [0, 0.1) is 10.1 Å². The third-order valence-electron chi connectivity index (χ3n) is 5.35. The monoisotopic (exact) mass is 442 g/mol. The number of nitrogens with zero attached hydrogens (tertiary/aromatic N) is 3. The third kappa shape index (κ3) is 5.04. The molecular formula is C22H23ClN4O4. The molecular weight excluding hydrogens is 420 g/mol. The van der Waals surface area contributed by atoms with E-state index in [0.717, 1.165) is 36.5 Å². The smallest absolute Gasteiger partial charge is 0.273 e. The highest BCUT2D eigenvalue weighted by Crippen LogP contribution is 2.33. The summed E-state index contributed by atoms with van der Waals surface area (Å²) < 4.78 is 5.57. The number of non-ortho nitro benzene ring substituents is 1. The second-order valence-electron chi connectivity index (χ2n) is 7.53. The number of likely N-dealkylation sites (tertiary alicyclic amines) is 1. The second kappa shape index (κ2) is 9.47. The molecule has 0 saturated carbocycles. The van der Waals surface area contributed by atoms with Crippen molar-refractivity contribution in [1.82, 2.24) is 14.9 Å². The molecule has 162 valence electrons. The van der Waals surface area contributed by atoms with E-state index in [9.17, 15) is 15.2 Å². The number of nitro benzene ring substituents is 1. The fourth-order valence-corrected chi connectivity index (χ4v) is 4.12. The quantitative estimate of drug-likeness (QED) is 0.400. The van der Waals surface area contributed by atoms with E-state index in [1.165, 1.54) is 12.1 Å². The average Bonchev–Trinajstić information content (AvgIpc) is 3.42. The van der Waals surface area contributed by atoms with E-state index < -0.39 is 11.0 Å². The molecule has 1 aromatic heterocycles. The van der Waals surface area contributed by atoms with Gasteiger partial charge in [-0.1, -0.05) is 35.9 Å². The number of nitro groups is 1. The number of hydrogen-bond donors (Lipinski definition) is 2. The van der Waals surface area contributed by atoms with Crippen molar-refractivity contribution >= 4 is 17.3 Å². The summed E-state index contributed by atoms with van der Waals surface area (Å²) in [6.45, 7) is 1.32. The van der Waals surface area contributed by atoms with Gasteiger partial charge >= 0.3 is 0 Å². The summed E-state index contributed by atoms with van der Waals surface area (Å²) in [6, 6.07) is 13.6. The summed E-state index contributed by atoms with van der Waals surface area (Å²) in [5.74, 6) is 1.21. The maximum atomic E-state index is 10.9. The highest BCUT2D eigenvalue weighted by Gasteiger charge is 2.30. The maximum Gasteiger partial charge on any atom is 0.273 e. The predicted molar refractivity (Wildman–Crippen MR) is 117 cm³/mol. The Morgan fingerprint density at radius 3 is 2.97 bits per heavy atom. The van der Waals surface area contributed by atoms with Gasteiger partial charge in [-0.3, -0.25) is 15.0 Å². The molecule has 1 aliphatic rings. The standard InChI is InChI=1S/C22H23ClN4O4/c23-19-8-2-1-7-18(19)20-12-24-22(25-20)21-9-4-10-26(21)13-16(28)14-31-17-6-3-5-15(11-17)27(29)30/h1-3,5-8,11-12,16,21,28H,4,9-10,13-14H2,(H,24,25)/t16-,21-/m0/s1. The van der Waals surface area contributed by atoms with Gasteiger partial charge in [-0.15, -0.1) is 0 Å². The van der Waals surface area contributed by atoms with Crippen molar-refractivity contribution in [2.24, 2.45) is 0 Å². The normalized spacial score (nSPS) is 17.5. The summed E-state index contributed by atoms with van der Waals surface area (Å²) in [6.07, 6.45) is 2.99. The van der Waals surface area contributed by atoms with Crippen LogP contribution in [0.1, 0.15) is 24.7 Å². The number of hydrogen-bond acceptors (Lipinski definition) is 6. The van der Waals surface area contributed by atoms with E-state index in [-0.39, 0.29) is 18.3 Å². The van der Waals surface area contributed by atoms with Crippen LogP contribution in [0.5, 0.6) is 5.75 Å². The number of ether oxygens (including phenoxy) is 1. The molecule has 2 heterocycles. The minimum absolute atomic E-state index is 0.0428. The predicted octanol–water partition coefficient (Wildman–Crippen LogP) is 4.22. The number of nitrogens with one attached hydrogen (secondary N) is 1. The minimum Gasteiger partial charge on any atom is -0.491 e. The first kappa shape index (κ1) is 21.3. The average molecular weight is 443 g/mol. The van der Waals surface area contributed by atoms with Gasteiger partial charge in [0, 0.05) is 23.2 Å². The molecule has 31 heavy (non-hydrogen) atoms. The Bertz CT molecular complexity index is 1060. The number of H-pyrrole nitrogens is 1. The van der Waals surface area contributed by atoms with E-state index in [2.05, 4.69) is 14.9 Å². The first-order valence-electron chi connectivity index (χ1n) is 10.1. The Labute approximate surface area is 184 Å². The summed E-state index contributed by atoms with van der Waals surface area (Å²) in [5.41, 5.74) is 1.72. The second-order valence-corrected chi connectivity index (χ2v) is 7.94. The molecule has 4 rings (SSSR count). The van der Waals surface area contributed by atoms with Gasteiger partial charge in [-0.2, -0.15) is 0 Å². The van der Waals surface area contributed by atoms with Crippen molar-refractivity contribution in [3.05, 3.63) is 75.7 Å². The van der Waals surface area contributed by atoms with Gasteiger partial charge in [-0.25, -0.2) is 4.98 Å². The van der Waals surface area contributed by atoms with E-state index >= 15 is 0 Å². The number of aromatic amines is 1. The fraction of sp³-hybridized carbons (Fsp3) is 0.318. The Morgan fingerprint density at radius 2 is 2.16 bits per heavy atom. The molecule has 8 nitrogen and oxygen atoms in total. The Kier molecular flexibility index (Phi) is 6.50. The number of halogens is 1. The van der Waals surface area contributed by atoms with E-state index in [1.54, 1.807) is 18.3 Å². The lowest BCUT2D eigenvalue weighted by Gasteiger charge is -2.25. The van der Waals surface area contributed by atoms with Crippen molar-refractivity contribution in [3.8, 4) is 17.0 Å². The van der Waals surface area contributed by atoms with Gasteiger partial charge in [-0.05, 0) is 31.5 Å². The van der Waals surface area contributed by atoms with Gasteiger partial charge in [0.1, 0.15) is 24.3 Å². The Morgan fingerprint density at radius 1 is 1.32 bits per heavy atom. The van der Waals surface area contributed by atoms with E-state index in [4.69, 9.17) is 16.3 Å². The maximum absolute atomic E-state index is 10.9. The molecule has 2 aromatic carbocycles. The van der Waals surface area contributed by atoms with Gasteiger partial charge in [0.15, 0.2) is 0 Å². The molecule has 3 aromatic rings. The van der Waals surface area contributed by atoms with Gasteiger partial charge in [0.05, 0.1) is 28.9 Å².